The van der Waals surface area contributed by atoms with E-state index in [4.69, 9.17) is 0 Å². The second kappa shape index (κ2) is 7.94. The minimum Gasteiger partial charge on any atom is -0.377 e. The third-order valence-electron chi connectivity index (χ3n) is 5.71. The summed E-state index contributed by atoms with van der Waals surface area (Å²) in [6.07, 6.45) is 8.66. The number of allylic oxidation sites excluding steroid dienone is 2. The maximum atomic E-state index is 13.2. The maximum absolute atomic E-state index is 13.2. The Morgan fingerprint density at radius 3 is 2.62 bits per heavy atom. The van der Waals surface area contributed by atoms with Crippen LogP contribution in [0.5, 0.6) is 0 Å². The number of hydrogen-bond donors (Lipinski definition) is 1. The van der Waals surface area contributed by atoms with Crippen LogP contribution in [0.3, 0.4) is 0 Å². The van der Waals surface area contributed by atoms with E-state index >= 15 is 0 Å². The summed E-state index contributed by atoms with van der Waals surface area (Å²) < 4.78 is 27.7. The van der Waals surface area contributed by atoms with Crippen LogP contribution in [0.25, 0.3) is 0 Å². The normalized spacial score (nSPS) is 22.8. The molecule has 1 aliphatic heterocycles. The van der Waals surface area contributed by atoms with E-state index in [9.17, 15) is 8.42 Å². The van der Waals surface area contributed by atoms with Crippen LogP contribution in [0.2, 0.25) is 0 Å². The average molecular weight is 427 g/mol. The van der Waals surface area contributed by atoms with Crippen molar-refractivity contribution >= 4 is 27.0 Å². The van der Waals surface area contributed by atoms with Gasteiger partial charge in [0.05, 0.1) is 10.9 Å². The molecular weight excluding hydrogens is 400 g/mol. The van der Waals surface area contributed by atoms with Crippen molar-refractivity contribution < 1.29 is 8.42 Å². The van der Waals surface area contributed by atoms with Gasteiger partial charge in [0.1, 0.15) is 0 Å². The fourth-order valence-corrected chi connectivity index (χ4v) is 6.76. The fourth-order valence-electron chi connectivity index (χ4n) is 4.34. The van der Waals surface area contributed by atoms with Crippen molar-refractivity contribution in [2.24, 2.45) is 5.92 Å². The predicted molar refractivity (Wildman–Crippen MR) is 121 cm³/mol. The zero-order valence-electron chi connectivity index (χ0n) is 16.5. The Hall–Kier alpha value is -2.15. The average Bonchev–Trinajstić information content (AvgIpc) is 3.36. The lowest BCUT2D eigenvalue weighted by atomic mass is 9.79. The molecule has 0 radical (unpaired) electrons. The van der Waals surface area contributed by atoms with E-state index in [1.807, 2.05) is 23.5 Å². The topological polar surface area (TPSA) is 49.4 Å². The highest BCUT2D eigenvalue weighted by molar-refractivity contribution is 7.89. The first-order valence-corrected chi connectivity index (χ1v) is 12.1. The minimum atomic E-state index is -3.61. The Kier molecular flexibility index (Phi) is 5.51. The van der Waals surface area contributed by atoms with Gasteiger partial charge in [-0.2, -0.15) is 4.31 Å². The highest BCUT2D eigenvalue weighted by Gasteiger charge is 2.39. The molecule has 3 atom stereocenters. The fraction of sp³-hybridized carbons (Fsp3) is 0.304. The lowest BCUT2D eigenvalue weighted by Crippen LogP contribution is -2.32. The highest BCUT2D eigenvalue weighted by atomic mass is 32.2. The number of nitrogens with zero attached hydrogens (tertiary/aromatic N) is 1. The molecule has 29 heavy (non-hydrogen) atoms. The molecule has 6 heteroatoms. The van der Waals surface area contributed by atoms with Gasteiger partial charge in [-0.1, -0.05) is 24.3 Å². The van der Waals surface area contributed by atoms with Gasteiger partial charge in [-0.15, -0.1) is 24.5 Å². The first kappa shape index (κ1) is 20.1. The van der Waals surface area contributed by atoms with Gasteiger partial charge in [0.2, 0.25) is 10.0 Å². The molecule has 0 bridgehead atoms. The lowest BCUT2D eigenvalue weighted by molar-refractivity contribution is 0.429. The van der Waals surface area contributed by atoms with E-state index in [1.54, 1.807) is 18.2 Å². The molecule has 152 valence electrons. The molecule has 4 rings (SSSR count). The molecule has 2 aromatic rings. The molecule has 1 aromatic heterocycles. The molecule has 0 fully saturated rings. The maximum Gasteiger partial charge on any atom is 0.243 e. The van der Waals surface area contributed by atoms with E-state index in [2.05, 4.69) is 49.7 Å². The van der Waals surface area contributed by atoms with Gasteiger partial charge in [0.15, 0.2) is 0 Å². The Labute approximate surface area is 177 Å². The largest absolute Gasteiger partial charge is 0.377 e. The number of benzene rings is 1. The van der Waals surface area contributed by atoms with Gasteiger partial charge in [0, 0.05) is 34.4 Å². The van der Waals surface area contributed by atoms with Gasteiger partial charge in [-0.05, 0) is 55.2 Å². The summed E-state index contributed by atoms with van der Waals surface area (Å²) in [5.74, 6) is 0.622. The second-order valence-corrected chi connectivity index (χ2v) is 10.8. The van der Waals surface area contributed by atoms with Crippen LogP contribution in [0.4, 0.5) is 5.69 Å². The molecular formula is C23H26N2O2S2. The molecule has 2 heterocycles. The standard InChI is InChI=1S/C23H26N2O2S2/c1-4-13-25(14-5-2)29(26,27)17-10-11-21-20(15-17)18-7-6-8-19(18)23(24-21)22-12-9-16(3)28-22/h4-7,9-12,15,18-19,23-24H,1-2,8,13-14H2,3H3. The zero-order valence-corrected chi connectivity index (χ0v) is 18.2. The number of nitrogens with one attached hydrogen (secondary N) is 1. The first-order valence-electron chi connectivity index (χ1n) is 9.81. The first-order chi connectivity index (χ1) is 14.0. The Morgan fingerprint density at radius 2 is 1.97 bits per heavy atom. The van der Waals surface area contributed by atoms with Gasteiger partial charge >= 0.3 is 0 Å². The van der Waals surface area contributed by atoms with Crippen LogP contribution in [-0.2, 0) is 10.0 Å². The van der Waals surface area contributed by atoms with Crippen molar-refractivity contribution in [1.29, 1.82) is 0 Å². The molecule has 0 saturated carbocycles. The number of sulfonamides is 1. The van der Waals surface area contributed by atoms with E-state index in [-0.39, 0.29) is 25.0 Å². The van der Waals surface area contributed by atoms with Gasteiger partial charge in [-0.25, -0.2) is 8.42 Å². The van der Waals surface area contributed by atoms with Crippen LogP contribution in [0.1, 0.15) is 33.7 Å². The quantitative estimate of drug-likeness (QED) is 0.616. The van der Waals surface area contributed by atoms with Crippen molar-refractivity contribution in [2.45, 2.75) is 30.2 Å². The monoisotopic (exact) mass is 426 g/mol. The van der Waals surface area contributed by atoms with Crippen LogP contribution in [0, 0.1) is 12.8 Å². The molecule has 2 aliphatic rings. The van der Waals surface area contributed by atoms with Crippen molar-refractivity contribution in [3.8, 4) is 0 Å². The number of anilines is 1. The summed E-state index contributed by atoms with van der Waals surface area (Å²) >= 11 is 1.83. The van der Waals surface area contributed by atoms with Gasteiger partial charge in [-0.3, -0.25) is 0 Å². The van der Waals surface area contributed by atoms with Crippen LogP contribution in [-0.4, -0.2) is 25.8 Å². The summed E-state index contributed by atoms with van der Waals surface area (Å²) in [5, 5.41) is 3.69. The second-order valence-electron chi connectivity index (χ2n) is 7.57. The van der Waals surface area contributed by atoms with Crippen molar-refractivity contribution in [3.63, 3.8) is 0 Å². The number of rotatable bonds is 7. The summed E-state index contributed by atoms with van der Waals surface area (Å²) in [4.78, 5) is 2.97. The van der Waals surface area contributed by atoms with Crippen LogP contribution in [0.15, 0.2) is 72.7 Å². The van der Waals surface area contributed by atoms with Crippen molar-refractivity contribution in [2.75, 3.05) is 18.4 Å². The smallest absolute Gasteiger partial charge is 0.243 e. The molecule has 4 nitrogen and oxygen atoms in total. The van der Waals surface area contributed by atoms with E-state index in [0.29, 0.717) is 10.8 Å². The summed E-state index contributed by atoms with van der Waals surface area (Å²) in [5.41, 5.74) is 2.08. The van der Waals surface area contributed by atoms with Crippen LogP contribution < -0.4 is 5.32 Å². The van der Waals surface area contributed by atoms with E-state index in [1.165, 1.54) is 14.1 Å². The molecule has 0 saturated heterocycles. The molecule has 1 aromatic carbocycles. The molecule has 3 unspecified atom stereocenters. The van der Waals surface area contributed by atoms with E-state index < -0.39 is 10.0 Å². The predicted octanol–water partition coefficient (Wildman–Crippen LogP) is 5.25. The summed E-state index contributed by atoms with van der Waals surface area (Å²) in [6.45, 7) is 10.0. The summed E-state index contributed by atoms with van der Waals surface area (Å²) in [7, 11) is -3.61. The lowest BCUT2D eigenvalue weighted by Gasteiger charge is -2.37. The third-order valence-corrected chi connectivity index (χ3v) is 8.62. The zero-order chi connectivity index (χ0) is 20.6. The summed E-state index contributed by atoms with van der Waals surface area (Å²) in [6, 6.07) is 10.1. The van der Waals surface area contributed by atoms with Crippen molar-refractivity contribution in [1.82, 2.24) is 4.31 Å². The molecule has 0 spiro atoms. The van der Waals surface area contributed by atoms with Crippen molar-refractivity contribution in [3.05, 3.63) is 83.1 Å². The molecule has 0 amide bonds. The number of aryl methyl sites for hydroxylation is 1. The Bertz CT molecular complexity index is 1060. The van der Waals surface area contributed by atoms with E-state index in [0.717, 1.165) is 17.7 Å². The highest BCUT2D eigenvalue weighted by Crippen LogP contribution is 2.51. The third kappa shape index (κ3) is 3.61. The number of fused-ring (bicyclic) bond motifs is 3. The van der Waals surface area contributed by atoms with Gasteiger partial charge in [0.25, 0.3) is 0 Å². The molecule has 1 aliphatic carbocycles. The van der Waals surface area contributed by atoms with Crippen LogP contribution >= 0.6 is 11.3 Å². The molecule has 1 N–H and O–H groups in total. The van der Waals surface area contributed by atoms with Gasteiger partial charge < -0.3 is 5.32 Å². The number of thiophene rings is 1. The number of hydrogen-bond acceptors (Lipinski definition) is 4. The minimum absolute atomic E-state index is 0.223. The Balaban J connectivity index is 1.72. The SMILES string of the molecule is C=CCN(CC=C)S(=O)(=O)c1ccc2c(c1)C1C=CCC1C(c1ccc(C)s1)N2. The Morgan fingerprint density at radius 1 is 1.21 bits per heavy atom.